The molecule has 114 valence electrons. The molecule has 21 heavy (non-hydrogen) atoms. The predicted molar refractivity (Wildman–Crippen MR) is 86.3 cm³/mol. The lowest BCUT2D eigenvalue weighted by Crippen LogP contribution is -2.29. The quantitative estimate of drug-likeness (QED) is 0.874. The normalized spacial score (nSPS) is 12.6. The second-order valence-corrected chi connectivity index (χ2v) is 6.53. The van der Waals surface area contributed by atoms with Crippen molar-refractivity contribution in [2.24, 2.45) is 7.05 Å². The summed E-state index contributed by atoms with van der Waals surface area (Å²) in [4.78, 5) is 30.5. The summed E-state index contributed by atoms with van der Waals surface area (Å²) >= 11 is 7.29. The molecule has 0 atom stereocenters. The molecule has 2 rings (SSSR count). The van der Waals surface area contributed by atoms with Gasteiger partial charge in [-0.25, -0.2) is 9.78 Å². The van der Waals surface area contributed by atoms with Crippen LogP contribution in [0.2, 0.25) is 0 Å². The maximum absolute atomic E-state index is 12.1. The van der Waals surface area contributed by atoms with E-state index in [0.717, 1.165) is 0 Å². The molecule has 1 N–H and O–H groups in total. The van der Waals surface area contributed by atoms with E-state index >= 15 is 0 Å². The van der Waals surface area contributed by atoms with Gasteiger partial charge in [0.25, 0.3) is 5.56 Å². The van der Waals surface area contributed by atoms with E-state index in [1.54, 1.807) is 7.05 Å². The van der Waals surface area contributed by atoms with Crippen molar-refractivity contribution in [1.82, 2.24) is 19.1 Å². The van der Waals surface area contributed by atoms with Crippen LogP contribution >= 0.6 is 23.4 Å². The van der Waals surface area contributed by atoms with E-state index in [4.69, 9.17) is 11.6 Å². The Morgan fingerprint density at radius 2 is 2.14 bits per heavy atom. The number of aromatic amines is 1. The molecule has 0 unspecified atom stereocenters. The van der Waals surface area contributed by atoms with Gasteiger partial charge in [-0.05, 0) is 20.8 Å². The number of nitrogens with one attached hydrogen (secondary N) is 1. The molecule has 0 aliphatic carbocycles. The molecular formula is C13H17ClN4O2S. The van der Waals surface area contributed by atoms with Gasteiger partial charge in [0.1, 0.15) is 0 Å². The zero-order valence-corrected chi connectivity index (χ0v) is 13.9. The Hall–Kier alpha value is -1.47. The van der Waals surface area contributed by atoms with Crippen LogP contribution in [-0.2, 0) is 7.05 Å². The van der Waals surface area contributed by atoms with Crippen LogP contribution in [0.25, 0.3) is 11.2 Å². The number of hydrogen-bond acceptors (Lipinski definition) is 4. The van der Waals surface area contributed by atoms with Crippen LogP contribution < -0.4 is 11.2 Å². The number of aromatic nitrogens is 4. The maximum Gasteiger partial charge on any atom is 0.329 e. The first-order valence-electron chi connectivity index (χ1n) is 6.49. The zero-order chi connectivity index (χ0) is 15.7. The second-order valence-electron chi connectivity index (χ2n) is 4.95. The molecule has 0 saturated heterocycles. The Bertz CT molecular complexity index is 812. The Labute approximate surface area is 130 Å². The van der Waals surface area contributed by atoms with Crippen LogP contribution in [0.1, 0.15) is 26.8 Å². The first kappa shape index (κ1) is 15.9. The van der Waals surface area contributed by atoms with Gasteiger partial charge in [0.15, 0.2) is 16.3 Å². The summed E-state index contributed by atoms with van der Waals surface area (Å²) in [7, 11) is 1.59. The summed E-state index contributed by atoms with van der Waals surface area (Å²) in [6.07, 6.45) is 1.87. The summed E-state index contributed by atoms with van der Waals surface area (Å²) in [5.41, 5.74) is -0.0631. The van der Waals surface area contributed by atoms with E-state index in [-0.39, 0.29) is 6.04 Å². The topological polar surface area (TPSA) is 72.7 Å². The molecule has 0 aromatic carbocycles. The van der Waals surface area contributed by atoms with Crippen LogP contribution in [0.4, 0.5) is 0 Å². The lowest BCUT2D eigenvalue weighted by atomic mass is 10.4. The molecule has 0 aliphatic heterocycles. The standard InChI is InChI=1S/C13H17ClN4O2S/c1-7(2)18-9-10(17(4)12(20)16-11(9)19)15-13(18)21-6-5-8(3)14/h5,7H,6H2,1-4H3,(H,16,19,20). The summed E-state index contributed by atoms with van der Waals surface area (Å²) in [6, 6.07) is 0.0529. The van der Waals surface area contributed by atoms with Gasteiger partial charge in [0.05, 0.1) is 0 Å². The summed E-state index contributed by atoms with van der Waals surface area (Å²) in [6.45, 7) is 5.75. The van der Waals surface area contributed by atoms with Crippen LogP contribution in [0.3, 0.4) is 0 Å². The molecule has 0 aliphatic rings. The number of thioether (sulfide) groups is 1. The lowest BCUT2D eigenvalue weighted by molar-refractivity contribution is 0.565. The summed E-state index contributed by atoms with van der Waals surface area (Å²) in [5.74, 6) is 0.650. The van der Waals surface area contributed by atoms with E-state index in [9.17, 15) is 9.59 Å². The van der Waals surface area contributed by atoms with Crippen LogP contribution in [-0.4, -0.2) is 24.9 Å². The van der Waals surface area contributed by atoms with Crippen molar-refractivity contribution in [2.45, 2.75) is 32.0 Å². The minimum absolute atomic E-state index is 0.0529. The van der Waals surface area contributed by atoms with Crippen molar-refractivity contribution in [1.29, 1.82) is 0 Å². The first-order chi connectivity index (χ1) is 9.82. The van der Waals surface area contributed by atoms with Gasteiger partial charge in [-0.3, -0.25) is 14.3 Å². The Balaban J connectivity index is 2.66. The minimum Gasteiger partial charge on any atom is -0.311 e. The fraction of sp³-hybridized carbons (Fsp3) is 0.462. The molecule has 0 radical (unpaired) electrons. The van der Waals surface area contributed by atoms with Gasteiger partial charge in [-0.15, -0.1) is 0 Å². The third kappa shape index (κ3) is 3.08. The molecule has 0 amide bonds. The predicted octanol–water partition coefficient (Wildman–Crippen LogP) is 2.24. The monoisotopic (exact) mass is 328 g/mol. The van der Waals surface area contributed by atoms with E-state index in [1.807, 2.05) is 31.4 Å². The number of allylic oxidation sites excluding steroid dienone is 1. The van der Waals surface area contributed by atoms with E-state index in [1.165, 1.54) is 16.3 Å². The van der Waals surface area contributed by atoms with Crippen molar-refractivity contribution in [3.05, 3.63) is 31.9 Å². The smallest absolute Gasteiger partial charge is 0.311 e. The molecule has 8 heteroatoms. The molecule has 6 nitrogen and oxygen atoms in total. The lowest BCUT2D eigenvalue weighted by Gasteiger charge is -2.11. The van der Waals surface area contributed by atoms with Crippen molar-refractivity contribution in [2.75, 3.05) is 5.75 Å². The average molecular weight is 329 g/mol. The number of halogens is 1. The first-order valence-corrected chi connectivity index (χ1v) is 7.85. The molecule has 2 aromatic rings. The van der Waals surface area contributed by atoms with Crippen molar-refractivity contribution >= 4 is 34.5 Å². The highest BCUT2D eigenvalue weighted by Gasteiger charge is 2.18. The van der Waals surface area contributed by atoms with Gasteiger partial charge in [0.2, 0.25) is 0 Å². The highest BCUT2D eigenvalue weighted by Crippen LogP contribution is 2.25. The average Bonchev–Trinajstić information content (AvgIpc) is 2.76. The van der Waals surface area contributed by atoms with E-state index < -0.39 is 11.2 Å². The number of rotatable bonds is 4. The number of fused-ring (bicyclic) bond motifs is 1. The van der Waals surface area contributed by atoms with Crippen LogP contribution in [0.15, 0.2) is 25.9 Å². The van der Waals surface area contributed by atoms with E-state index in [0.29, 0.717) is 27.1 Å². The third-order valence-electron chi connectivity index (χ3n) is 3.01. The number of nitrogens with zero attached hydrogens (tertiary/aromatic N) is 3. The van der Waals surface area contributed by atoms with Gasteiger partial charge in [0, 0.05) is 23.9 Å². The number of aryl methyl sites for hydroxylation is 1. The van der Waals surface area contributed by atoms with Gasteiger partial charge in [-0.2, -0.15) is 0 Å². The molecular weight excluding hydrogens is 312 g/mol. The van der Waals surface area contributed by atoms with Crippen molar-refractivity contribution in [3.8, 4) is 0 Å². The molecule has 0 saturated carbocycles. The molecule has 0 spiro atoms. The van der Waals surface area contributed by atoms with E-state index in [2.05, 4.69) is 9.97 Å². The van der Waals surface area contributed by atoms with Gasteiger partial charge < -0.3 is 4.57 Å². The highest BCUT2D eigenvalue weighted by atomic mass is 35.5. The van der Waals surface area contributed by atoms with Crippen molar-refractivity contribution < 1.29 is 0 Å². The number of imidazole rings is 1. The van der Waals surface area contributed by atoms with Gasteiger partial charge >= 0.3 is 5.69 Å². The third-order valence-corrected chi connectivity index (χ3v) is 4.05. The highest BCUT2D eigenvalue weighted by molar-refractivity contribution is 7.99. The van der Waals surface area contributed by atoms with Gasteiger partial charge in [-0.1, -0.05) is 29.4 Å². The second kappa shape index (κ2) is 6.11. The largest absolute Gasteiger partial charge is 0.329 e. The summed E-state index contributed by atoms with van der Waals surface area (Å²) in [5, 5.41) is 1.40. The molecule has 2 aromatic heterocycles. The maximum atomic E-state index is 12.1. The minimum atomic E-state index is -0.464. The number of hydrogen-bond donors (Lipinski definition) is 1. The molecule has 0 bridgehead atoms. The Morgan fingerprint density at radius 1 is 1.48 bits per heavy atom. The van der Waals surface area contributed by atoms with Crippen LogP contribution in [0, 0.1) is 0 Å². The molecule has 0 fully saturated rings. The van der Waals surface area contributed by atoms with Crippen molar-refractivity contribution in [3.63, 3.8) is 0 Å². The van der Waals surface area contributed by atoms with Crippen LogP contribution in [0.5, 0.6) is 0 Å². The zero-order valence-electron chi connectivity index (χ0n) is 12.3. The molecule has 2 heterocycles. The SMILES string of the molecule is CC(Cl)=CCSc1nc2c(c(=O)[nH]c(=O)n2C)n1C(C)C. The summed E-state index contributed by atoms with van der Waals surface area (Å²) < 4.78 is 3.19. The Morgan fingerprint density at radius 3 is 2.71 bits per heavy atom. The Kier molecular flexibility index (Phi) is 4.63. The fourth-order valence-corrected chi connectivity index (χ4v) is 3.24. The fourth-order valence-electron chi connectivity index (χ4n) is 1.99. The number of H-pyrrole nitrogens is 1.